The summed E-state index contributed by atoms with van der Waals surface area (Å²) in [5.41, 5.74) is 5.68. The predicted molar refractivity (Wildman–Crippen MR) is 146 cm³/mol. The molecule has 0 aliphatic carbocycles. The Bertz CT molecular complexity index is 1310. The molecular formula is C30H35NO5S. The average Bonchev–Trinajstić information content (AvgIpc) is 3.23. The Hall–Kier alpha value is -2.90. The zero-order valence-electron chi connectivity index (χ0n) is 22.3. The Morgan fingerprint density at radius 2 is 1.81 bits per heavy atom. The first-order valence-electron chi connectivity index (χ1n) is 13.1. The molecule has 0 spiro atoms. The molecule has 37 heavy (non-hydrogen) atoms. The van der Waals surface area contributed by atoms with E-state index in [-0.39, 0.29) is 5.97 Å². The molecule has 196 valence electrons. The van der Waals surface area contributed by atoms with Gasteiger partial charge in [0.05, 0.1) is 25.4 Å². The van der Waals surface area contributed by atoms with Crippen molar-refractivity contribution in [1.29, 1.82) is 0 Å². The highest BCUT2D eigenvalue weighted by atomic mass is 32.1. The summed E-state index contributed by atoms with van der Waals surface area (Å²) in [6, 6.07) is 8.53. The van der Waals surface area contributed by atoms with Gasteiger partial charge < -0.3 is 18.9 Å². The number of thiophene rings is 1. The van der Waals surface area contributed by atoms with Gasteiger partial charge in [0.2, 0.25) is 5.88 Å². The Morgan fingerprint density at radius 3 is 2.57 bits per heavy atom. The van der Waals surface area contributed by atoms with Crippen LogP contribution >= 0.6 is 11.3 Å². The molecule has 0 radical (unpaired) electrons. The van der Waals surface area contributed by atoms with Crippen LogP contribution in [0.5, 0.6) is 11.6 Å². The number of carbonyl (C=O) groups excluding carboxylic acids is 1. The number of aromatic nitrogens is 1. The smallest absolute Gasteiger partial charge is 0.340 e. The van der Waals surface area contributed by atoms with Crippen LogP contribution in [0.15, 0.2) is 30.5 Å². The number of carbonyl (C=O) groups is 1. The highest BCUT2D eigenvalue weighted by Gasteiger charge is 2.35. The molecule has 7 heteroatoms. The summed E-state index contributed by atoms with van der Waals surface area (Å²) in [4.78, 5) is 20.1. The lowest BCUT2D eigenvalue weighted by molar-refractivity contribution is -0.166. The predicted octanol–water partition coefficient (Wildman–Crippen LogP) is 6.85. The van der Waals surface area contributed by atoms with E-state index in [1.165, 1.54) is 5.56 Å². The molecule has 1 atom stereocenters. The van der Waals surface area contributed by atoms with Crippen LogP contribution in [-0.2, 0) is 27.1 Å². The van der Waals surface area contributed by atoms with E-state index in [4.69, 9.17) is 18.9 Å². The van der Waals surface area contributed by atoms with Gasteiger partial charge in [-0.25, -0.2) is 9.78 Å². The molecule has 0 saturated heterocycles. The molecule has 4 heterocycles. The summed E-state index contributed by atoms with van der Waals surface area (Å²) < 4.78 is 23.6. The van der Waals surface area contributed by atoms with Crippen molar-refractivity contribution >= 4 is 17.3 Å². The maximum atomic E-state index is 13.3. The summed E-state index contributed by atoms with van der Waals surface area (Å²) in [7, 11) is 0. The zero-order chi connectivity index (χ0) is 26.2. The van der Waals surface area contributed by atoms with Gasteiger partial charge in [-0.1, -0.05) is 6.07 Å². The van der Waals surface area contributed by atoms with Gasteiger partial charge in [-0.2, -0.15) is 0 Å². The van der Waals surface area contributed by atoms with Crippen LogP contribution in [0.1, 0.15) is 68.2 Å². The largest absolute Gasteiger partial charge is 0.493 e. The van der Waals surface area contributed by atoms with Gasteiger partial charge in [0, 0.05) is 38.2 Å². The van der Waals surface area contributed by atoms with Crippen molar-refractivity contribution in [3.05, 3.63) is 52.0 Å². The molecular weight excluding hydrogens is 486 g/mol. The van der Waals surface area contributed by atoms with Crippen molar-refractivity contribution in [2.24, 2.45) is 0 Å². The molecule has 0 N–H and O–H groups in total. The number of rotatable bonds is 6. The number of aryl methyl sites for hydroxylation is 3. The second-order valence-electron chi connectivity index (χ2n) is 10.6. The van der Waals surface area contributed by atoms with E-state index in [9.17, 15) is 4.79 Å². The standard InChI is InChI=1S/C30H35NO5S/c1-6-33-29(32)26(36-30(3,4)5)24-18(2)37-27(22-16-21-10-8-14-35-28(21)31-17-22)25(24)20-11-12-23-19(15-20)9-7-13-34-23/h11-12,15-17,26H,6-10,13-14H2,1-5H3. The molecule has 2 aromatic heterocycles. The summed E-state index contributed by atoms with van der Waals surface area (Å²) in [6.07, 6.45) is 4.92. The van der Waals surface area contributed by atoms with Crippen molar-refractivity contribution in [3.8, 4) is 33.2 Å². The van der Waals surface area contributed by atoms with Gasteiger partial charge in [0.1, 0.15) is 5.75 Å². The van der Waals surface area contributed by atoms with E-state index in [1.807, 2.05) is 40.0 Å². The molecule has 5 rings (SSSR count). The Balaban J connectivity index is 1.72. The van der Waals surface area contributed by atoms with Gasteiger partial charge in [-0.3, -0.25) is 0 Å². The topological polar surface area (TPSA) is 66.9 Å². The van der Waals surface area contributed by atoms with Crippen LogP contribution in [0, 0.1) is 6.92 Å². The van der Waals surface area contributed by atoms with Gasteiger partial charge in [-0.15, -0.1) is 11.3 Å². The number of benzene rings is 1. The number of esters is 1. The minimum atomic E-state index is -0.846. The average molecular weight is 522 g/mol. The SMILES string of the molecule is CCOC(=O)C(OC(C)(C)C)c1c(C)sc(-c2cnc3c(c2)CCCO3)c1-c1ccc2c(c1)CCCO2. The van der Waals surface area contributed by atoms with E-state index in [1.54, 1.807) is 11.3 Å². The molecule has 0 fully saturated rings. The first-order valence-corrected chi connectivity index (χ1v) is 13.9. The van der Waals surface area contributed by atoms with Crippen molar-refractivity contribution < 1.29 is 23.7 Å². The number of fused-ring (bicyclic) bond motifs is 2. The molecule has 1 aromatic carbocycles. The number of hydrogen-bond acceptors (Lipinski definition) is 7. The second kappa shape index (κ2) is 10.5. The Labute approximate surface area is 222 Å². The fourth-order valence-corrected chi connectivity index (χ4v) is 6.22. The molecule has 0 saturated carbocycles. The first-order chi connectivity index (χ1) is 17.7. The number of hydrogen-bond donors (Lipinski definition) is 0. The summed E-state index contributed by atoms with van der Waals surface area (Å²) in [6.45, 7) is 11.5. The zero-order valence-corrected chi connectivity index (χ0v) is 23.1. The lowest BCUT2D eigenvalue weighted by atomic mass is 9.91. The number of ether oxygens (including phenoxy) is 4. The van der Waals surface area contributed by atoms with E-state index >= 15 is 0 Å². The lowest BCUT2D eigenvalue weighted by Gasteiger charge is -2.28. The van der Waals surface area contributed by atoms with E-state index in [0.717, 1.165) is 81.5 Å². The number of pyridine rings is 1. The number of nitrogens with zero attached hydrogens (tertiary/aromatic N) is 1. The van der Waals surface area contributed by atoms with Crippen molar-refractivity contribution in [2.45, 2.75) is 72.0 Å². The molecule has 2 aliphatic rings. The summed E-state index contributed by atoms with van der Waals surface area (Å²) in [5, 5.41) is 0. The molecule has 0 amide bonds. The summed E-state index contributed by atoms with van der Waals surface area (Å²) in [5.74, 6) is 1.28. The third kappa shape index (κ3) is 5.39. The monoisotopic (exact) mass is 521 g/mol. The molecule has 2 aliphatic heterocycles. The highest BCUT2D eigenvalue weighted by Crippen LogP contribution is 2.48. The van der Waals surface area contributed by atoms with Crippen molar-refractivity contribution in [3.63, 3.8) is 0 Å². The summed E-state index contributed by atoms with van der Waals surface area (Å²) >= 11 is 1.67. The minimum absolute atomic E-state index is 0.291. The van der Waals surface area contributed by atoms with Crippen LogP contribution in [0.25, 0.3) is 21.6 Å². The van der Waals surface area contributed by atoms with E-state index in [2.05, 4.69) is 30.1 Å². The van der Waals surface area contributed by atoms with Crippen molar-refractivity contribution in [1.82, 2.24) is 4.98 Å². The third-order valence-corrected chi connectivity index (χ3v) is 7.75. The normalized spacial score (nSPS) is 15.7. The van der Waals surface area contributed by atoms with E-state index < -0.39 is 11.7 Å². The fourth-order valence-electron chi connectivity index (χ4n) is 5.04. The maximum Gasteiger partial charge on any atom is 0.340 e. The lowest BCUT2D eigenvalue weighted by Crippen LogP contribution is -2.29. The second-order valence-corrected chi connectivity index (χ2v) is 11.8. The van der Waals surface area contributed by atoms with Gasteiger partial charge in [-0.05, 0) is 89.6 Å². The van der Waals surface area contributed by atoms with E-state index in [0.29, 0.717) is 13.2 Å². The van der Waals surface area contributed by atoms with Crippen molar-refractivity contribution in [2.75, 3.05) is 19.8 Å². The molecule has 3 aromatic rings. The van der Waals surface area contributed by atoms with Crippen LogP contribution < -0.4 is 9.47 Å². The van der Waals surface area contributed by atoms with Gasteiger partial charge >= 0.3 is 5.97 Å². The third-order valence-electron chi connectivity index (χ3n) is 6.58. The fraction of sp³-hybridized carbons (Fsp3) is 0.467. The van der Waals surface area contributed by atoms with Gasteiger partial charge in [0.15, 0.2) is 6.10 Å². The van der Waals surface area contributed by atoms with Crippen LogP contribution in [0.4, 0.5) is 0 Å². The molecule has 1 unspecified atom stereocenters. The maximum absolute atomic E-state index is 13.3. The van der Waals surface area contributed by atoms with Crippen LogP contribution in [0.3, 0.4) is 0 Å². The van der Waals surface area contributed by atoms with Gasteiger partial charge in [0.25, 0.3) is 0 Å². The molecule has 6 nitrogen and oxygen atoms in total. The first kappa shape index (κ1) is 25.7. The quantitative estimate of drug-likeness (QED) is 0.330. The Kier molecular flexibility index (Phi) is 7.28. The van der Waals surface area contributed by atoms with Crippen LogP contribution in [-0.4, -0.2) is 36.4 Å². The Morgan fingerprint density at radius 1 is 1.08 bits per heavy atom. The minimum Gasteiger partial charge on any atom is -0.493 e. The van der Waals surface area contributed by atoms with Crippen LogP contribution in [0.2, 0.25) is 0 Å². The highest BCUT2D eigenvalue weighted by molar-refractivity contribution is 7.16. The molecule has 0 bridgehead atoms.